The van der Waals surface area contributed by atoms with Crippen LogP contribution >= 0.6 is 0 Å². The molecule has 1 heterocycles. The first-order valence-corrected chi connectivity index (χ1v) is 5.63. The topological polar surface area (TPSA) is 40.7 Å². The van der Waals surface area contributed by atoms with E-state index in [1.807, 2.05) is 6.20 Å². The molecule has 0 atom stereocenters. The monoisotopic (exact) mass is 193 g/mol. The number of nitrogens with zero attached hydrogens (tertiary/aromatic N) is 1. The second-order valence-electron chi connectivity index (χ2n) is 4.19. The first-order chi connectivity index (χ1) is 6.95. The van der Waals surface area contributed by atoms with Crippen LogP contribution in [0.15, 0.2) is 12.5 Å². The van der Waals surface area contributed by atoms with Crippen molar-refractivity contribution in [2.45, 2.75) is 38.6 Å². The molecule has 1 saturated carbocycles. The summed E-state index contributed by atoms with van der Waals surface area (Å²) in [6.45, 7) is 2.07. The summed E-state index contributed by atoms with van der Waals surface area (Å²) in [5.74, 6) is 0.990. The van der Waals surface area contributed by atoms with Gasteiger partial charge < -0.3 is 10.3 Å². The summed E-state index contributed by atoms with van der Waals surface area (Å²) in [6.07, 6.45) is 10.7. The van der Waals surface area contributed by atoms with Gasteiger partial charge in [0.15, 0.2) is 0 Å². The zero-order chi connectivity index (χ0) is 9.64. The maximum atomic E-state index is 3.98. The van der Waals surface area contributed by atoms with Gasteiger partial charge in [-0.15, -0.1) is 0 Å². The average Bonchev–Trinajstić information content (AvgIpc) is 2.86. The van der Waals surface area contributed by atoms with Crippen molar-refractivity contribution in [1.29, 1.82) is 0 Å². The lowest BCUT2D eigenvalue weighted by Crippen LogP contribution is -2.17. The molecular formula is C11H19N3. The van der Waals surface area contributed by atoms with Crippen LogP contribution < -0.4 is 5.32 Å². The molecule has 0 spiro atoms. The molecule has 1 fully saturated rings. The molecule has 14 heavy (non-hydrogen) atoms. The molecular weight excluding hydrogens is 174 g/mol. The molecule has 0 aliphatic heterocycles. The molecule has 2 N–H and O–H groups in total. The van der Waals surface area contributed by atoms with Crippen molar-refractivity contribution in [1.82, 2.24) is 15.3 Å². The minimum atomic E-state index is 0.923. The fourth-order valence-electron chi connectivity index (χ4n) is 2.21. The van der Waals surface area contributed by atoms with Crippen molar-refractivity contribution < 1.29 is 0 Å². The van der Waals surface area contributed by atoms with Gasteiger partial charge in [0.25, 0.3) is 0 Å². The second-order valence-corrected chi connectivity index (χ2v) is 4.19. The summed E-state index contributed by atoms with van der Waals surface area (Å²) in [5.41, 5.74) is 1.18. The lowest BCUT2D eigenvalue weighted by molar-refractivity contribution is 0.476. The fourth-order valence-corrected chi connectivity index (χ4v) is 2.21. The summed E-state index contributed by atoms with van der Waals surface area (Å²) in [5, 5.41) is 3.44. The summed E-state index contributed by atoms with van der Waals surface area (Å²) >= 11 is 0. The highest BCUT2D eigenvalue weighted by atomic mass is 14.9. The Kier molecular flexibility index (Phi) is 3.57. The summed E-state index contributed by atoms with van der Waals surface area (Å²) < 4.78 is 0. The first-order valence-electron chi connectivity index (χ1n) is 5.63. The minimum Gasteiger partial charge on any atom is -0.347 e. The SMILES string of the molecule is c1ncc(CNCCC2CCCC2)[nH]1. The van der Waals surface area contributed by atoms with E-state index in [2.05, 4.69) is 15.3 Å². The number of rotatable bonds is 5. The molecule has 3 heteroatoms. The van der Waals surface area contributed by atoms with E-state index in [4.69, 9.17) is 0 Å². The van der Waals surface area contributed by atoms with E-state index in [9.17, 15) is 0 Å². The van der Waals surface area contributed by atoms with E-state index >= 15 is 0 Å². The average molecular weight is 193 g/mol. The Labute approximate surface area is 85.3 Å². The van der Waals surface area contributed by atoms with Gasteiger partial charge in [-0.2, -0.15) is 0 Å². The van der Waals surface area contributed by atoms with Crippen LogP contribution in [0.4, 0.5) is 0 Å². The van der Waals surface area contributed by atoms with E-state index in [0.717, 1.165) is 19.0 Å². The van der Waals surface area contributed by atoms with Gasteiger partial charge in [-0.25, -0.2) is 4.98 Å². The van der Waals surface area contributed by atoms with Crippen LogP contribution in [0.25, 0.3) is 0 Å². The molecule has 0 radical (unpaired) electrons. The molecule has 2 rings (SSSR count). The Morgan fingerprint density at radius 1 is 1.43 bits per heavy atom. The van der Waals surface area contributed by atoms with Crippen LogP contribution in [-0.4, -0.2) is 16.5 Å². The van der Waals surface area contributed by atoms with Crippen molar-refractivity contribution in [2.24, 2.45) is 5.92 Å². The normalized spacial score (nSPS) is 17.7. The number of hydrogen-bond donors (Lipinski definition) is 2. The number of imidazole rings is 1. The highest BCUT2D eigenvalue weighted by molar-refractivity contribution is 4.92. The number of hydrogen-bond acceptors (Lipinski definition) is 2. The summed E-state index contributed by atoms with van der Waals surface area (Å²) in [7, 11) is 0. The third kappa shape index (κ3) is 2.84. The van der Waals surface area contributed by atoms with Gasteiger partial charge in [0.2, 0.25) is 0 Å². The molecule has 0 amide bonds. The molecule has 0 saturated heterocycles. The smallest absolute Gasteiger partial charge is 0.0922 e. The van der Waals surface area contributed by atoms with Gasteiger partial charge >= 0.3 is 0 Å². The number of aromatic nitrogens is 2. The molecule has 3 nitrogen and oxygen atoms in total. The highest BCUT2D eigenvalue weighted by Crippen LogP contribution is 2.26. The molecule has 1 aromatic rings. The molecule has 78 valence electrons. The van der Waals surface area contributed by atoms with E-state index in [1.54, 1.807) is 6.33 Å². The predicted octanol–water partition coefficient (Wildman–Crippen LogP) is 2.08. The fraction of sp³-hybridized carbons (Fsp3) is 0.727. The van der Waals surface area contributed by atoms with Crippen LogP contribution in [-0.2, 0) is 6.54 Å². The highest BCUT2D eigenvalue weighted by Gasteiger charge is 2.13. The van der Waals surface area contributed by atoms with Gasteiger partial charge in [0, 0.05) is 18.4 Å². The molecule has 1 aliphatic carbocycles. The lowest BCUT2D eigenvalue weighted by Gasteiger charge is -2.08. The number of nitrogens with one attached hydrogen (secondary N) is 2. The maximum Gasteiger partial charge on any atom is 0.0922 e. The third-order valence-corrected chi connectivity index (χ3v) is 3.07. The largest absolute Gasteiger partial charge is 0.347 e. The van der Waals surface area contributed by atoms with E-state index in [0.29, 0.717) is 0 Å². The van der Waals surface area contributed by atoms with E-state index in [1.165, 1.54) is 37.8 Å². The van der Waals surface area contributed by atoms with Gasteiger partial charge in [-0.3, -0.25) is 0 Å². The van der Waals surface area contributed by atoms with Crippen LogP contribution in [0.3, 0.4) is 0 Å². The molecule has 0 unspecified atom stereocenters. The van der Waals surface area contributed by atoms with Crippen molar-refractivity contribution in [3.63, 3.8) is 0 Å². The number of H-pyrrole nitrogens is 1. The first kappa shape index (κ1) is 9.71. The van der Waals surface area contributed by atoms with E-state index < -0.39 is 0 Å². The van der Waals surface area contributed by atoms with Gasteiger partial charge in [0.1, 0.15) is 0 Å². The Morgan fingerprint density at radius 3 is 3.00 bits per heavy atom. The Morgan fingerprint density at radius 2 is 2.29 bits per heavy atom. The van der Waals surface area contributed by atoms with Crippen molar-refractivity contribution in [3.8, 4) is 0 Å². The molecule has 0 aromatic carbocycles. The van der Waals surface area contributed by atoms with Crippen molar-refractivity contribution in [2.75, 3.05) is 6.54 Å². The zero-order valence-corrected chi connectivity index (χ0v) is 8.63. The van der Waals surface area contributed by atoms with Gasteiger partial charge in [-0.1, -0.05) is 25.7 Å². The predicted molar refractivity (Wildman–Crippen MR) is 56.9 cm³/mol. The van der Waals surface area contributed by atoms with Crippen molar-refractivity contribution >= 4 is 0 Å². The Hall–Kier alpha value is -0.830. The Balaban J connectivity index is 1.55. The minimum absolute atomic E-state index is 0.923. The maximum absolute atomic E-state index is 3.98. The van der Waals surface area contributed by atoms with Crippen molar-refractivity contribution in [3.05, 3.63) is 18.2 Å². The van der Waals surface area contributed by atoms with Crippen LogP contribution in [0, 0.1) is 5.92 Å². The lowest BCUT2D eigenvalue weighted by atomic mass is 10.0. The molecule has 1 aliphatic rings. The molecule has 1 aromatic heterocycles. The summed E-state index contributed by atoms with van der Waals surface area (Å²) in [6, 6.07) is 0. The van der Waals surface area contributed by atoms with Gasteiger partial charge in [-0.05, 0) is 18.9 Å². The quantitative estimate of drug-likeness (QED) is 0.703. The zero-order valence-electron chi connectivity index (χ0n) is 8.63. The Bertz CT molecular complexity index is 237. The van der Waals surface area contributed by atoms with Crippen LogP contribution in [0.2, 0.25) is 0 Å². The third-order valence-electron chi connectivity index (χ3n) is 3.07. The second kappa shape index (κ2) is 5.15. The standard InChI is InChI=1S/C11H19N3/c1-2-4-10(3-1)5-6-12-7-11-8-13-9-14-11/h8-10,12H,1-7H2,(H,13,14). The van der Waals surface area contributed by atoms with Crippen LogP contribution in [0.5, 0.6) is 0 Å². The van der Waals surface area contributed by atoms with E-state index in [-0.39, 0.29) is 0 Å². The molecule has 0 bridgehead atoms. The number of aromatic amines is 1. The summed E-state index contributed by atoms with van der Waals surface area (Å²) in [4.78, 5) is 7.07. The van der Waals surface area contributed by atoms with Crippen LogP contribution in [0.1, 0.15) is 37.8 Å². The van der Waals surface area contributed by atoms with Gasteiger partial charge in [0.05, 0.1) is 6.33 Å².